The van der Waals surface area contributed by atoms with Crippen molar-refractivity contribution in [3.63, 3.8) is 0 Å². The zero-order valence-corrected chi connectivity index (χ0v) is 15.7. The highest BCUT2D eigenvalue weighted by Crippen LogP contribution is 2.15. The number of hydrazine groups is 1. The second kappa shape index (κ2) is 9.47. The molecule has 2 aromatic carbocycles. The van der Waals surface area contributed by atoms with Crippen molar-refractivity contribution in [2.24, 2.45) is 0 Å². The van der Waals surface area contributed by atoms with Crippen LogP contribution in [0.5, 0.6) is 5.75 Å². The van der Waals surface area contributed by atoms with E-state index in [2.05, 4.69) is 20.8 Å². The van der Waals surface area contributed by atoms with E-state index in [0.29, 0.717) is 21.8 Å². The van der Waals surface area contributed by atoms with Crippen molar-refractivity contribution in [2.45, 2.75) is 0 Å². The van der Waals surface area contributed by atoms with Gasteiger partial charge >= 0.3 is 5.97 Å². The summed E-state index contributed by atoms with van der Waals surface area (Å²) in [7, 11) is 0. The van der Waals surface area contributed by atoms with E-state index in [1.165, 1.54) is 18.3 Å². The van der Waals surface area contributed by atoms with Crippen LogP contribution in [0.4, 0.5) is 0 Å². The fraction of sp³-hybridized carbons (Fsp3) is 0.105. The van der Waals surface area contributed by atoms with Crippen molar-refractivity contribution in [3.05, 3.63) is 65.4 Å². The number of hydrogen-bond acceptors (Lipinski definition) is 7. The van der Waals surface area contributed by atoms with Gasteiger partial charge in [0.05, 0.1) is 16.6 Å². The average Bonchev–Trinajstić information content (AvgIpc) is 2.75. The minimum atomic E-state index is -0.709. The number of nitrogens with zero attached hydrogens (tertiary/aromatic N) is 2. The largest absolute Gasteiger partial charge is 0.484 e. The molecule has 3 rings (SSSR count). The summed E-state index contributed by atoms with van der Waals surface area (Å²) in [5.74, 6) is -1.55. The van der Waals surface area contributed by atoms with Crippen LogP contribution in [0.1, 0.15) is 10.4 Å². The van der Waals surface area contributed by atoms with Gasteiger partial charge in [0.2, 0.25) is 0 Å². The Balaban J connectivity index is 1.40. The van der Waals surface area contributed by atoms with Gasteiger partial charge in [-0.1, -0.05) is 11.6 Å². The first-order chi connectivity index (χ1) is 14.0. The first kappa shape index (κ1) is 20.0. The standard InChI is InChI=1S/C19H15ClN4O5/c20-13-2-4-14(5-3-13)28-10-17(25)23-24-18(26)11-29-19(27)12-1-6-15-16(9-12)22-8-7-21-15/h1-9H,10-11H2,(H,23,25)(H,24,26). The van der Waals surface area contributed by atoms with Gasteiger partial charge in [-0.15, -0.1) is 0 Å². The van der Waals surface area contributed by atoms with Crippen LogP contribution in [0.25, 0.3) is 11.0 Å². The summed E-state index contributed by atoms with van der Waals surface area (Å²) >= 11 is 5.75. The average molecular weight is 415 g/mol. The van der Waals surface area contributed by atoms with Crippen molar-refractivity contribution in [1.29, 1.82) is 0 Å². The lowest BCUT2D eigenvalue weighted by atomic mass is 10.2. The molecule has 2 amide bonds. The molecule has 3 aromatic rings. The number of hydrogen-bond donors (Lipinski definition) is 2. The Morgan fingerprint density at radius 3 is 2.24 bits per heavy atom. The number of halogens is 1. The van der Waals surface area contributed by atoms with E-state index in [9.17, 15) is 14.4 Å². The van der Waals surface area contributed by atoms with Crippen LogP contribution in [0.3, 0.4) is 0 Å². The fourth-order valence-electron chi connectivity index (χ4n) is 2.20. The summed E-state index contributed by atoms with van der Waals surface area (Å²) in [6.45, 7) is -0.893. The number of carbonyl (C=O) groups excluding carboxylic acids is 3. The first-order valence-corrected chi connectivity index (χ1v) is 8.73. The Hall–Kier alpha value is -3.72. The summed E-state index contributed by atoms with van der Waals surface area (Å²) < 4.78 is 10.1. The highest BCUT2D eigenvalue weighted by molar-refractivity contribution is 6.30. The third kappa shape index (κ3) is 5.88. The van der Waals surface area contributed by atoms with E-state index in [1.54, 1.807) is 36.5 Å². The normalized spacial score (nSPS) is 10.2. The summed E-state index contributed by atoms with van der Waals surface area (Å²) in [5.41, 5.74) is 5.66. The number of fused-ring (bicyclic) bond motifs is 1. The number of nitrogens with one attached hydrogen (secondary N) is 2. The zero-order valence-electron chi connectivity index (χ0n) is 14.9. The van der Waals surface area contributed by atoms with Crippen LogP contribution in [-0.2, 0) is 14.3 Å². The van der Waals surface area contributed by atoms with Gasteiger partial charge in [0.1, 0.15) is 5.75 Å². The van der Waals surface area contributed by atoms with E-state index >= 15 is 0 Å². The number of carbonyl (C=O) groups is 3. The minimum Gasteiger partial charge on any atom is -0.484 e. The second-order valence-corrected chi connectivity index (χ2v) is 6.11. The SMILES string of the molecule is O=C(COC(=O)c1ccc2nccnc2c1)NNC(=O)COc1ccc(Cl)cc1. The number of amides is 2. The van der Waals surface area contributed by atoms with Gasteiger partial charge in [-0.05, 0) is 42.5 Å². The topological polar surface area (TPSA) is 120 Å². The molecule has 0 atom stereocenters. The summed E-state index contributed by atoms with van der Waals surface area (Å²) in [6, 6.07) is 11.1. The minimum absolute atomic E-state index is 0.228. The summed E-state index contributed by atoms with van der Waals surface area (Å²) in [4.78, 5) is 43.6. The predicted molar refractivity (Wildman–Crippen MR) is 103 cm³/mol. The van der Waals surface area contributed by atoms with Crippen LogP contribution in [0, 0.1) is 0 Å². The van der Waals surface area contributed by atoms with Gasteiger partial charge in [0, 0.05) is 17.4 Å². The highest BCUT2D eigenvalue weighted by Gasteiger charge is 2.12. The molecule has 10 heteroatoms. The van der Waals surface area contributed by atoms with Gasteiger partial charge in [0.15, 0.2) is 13.2 Å². The van der Waals surface area contributed by atoms with Gasteiger partial charge in [0.25, 0.3) is 11.8 Å². The molecule has 0 radical (unpaired) electrons. The van der Waals surface area contributed by atoms with E-state index < -0.39 is 24.4 Å². The summed E-state index contributed by atoms with van der Waals surface area (Å²) in [5, 5.41) is 0.542. The Bertz CT molecular complexity index is 1040. The molecule has 2 N–H and O–H groups in total. The molecule has 0 unspecified atom stereocenters. The van der Waals surface area contributed by atoms with E-state index in [4.69, 9.17) is 21.1 Å². The molecule has 0 aliphatic heterocycles. The zero-order chi connectivity index (χ0) is 20.6. The third-order valence-corrected chi connectivity index (χ3v) is 3.82. The number of benzene rings is 2. The molecule has 0 saturated carbocycles. The molecular formula is C19H15ClN4O5. The molecule has 0 spiro atoms. The summed E-state index contributed by atoms with van der Waals surface area (Å²) in [6.07, 6.45) is 3.05. The Morgan fingerprint density at radius 1 is 0.862 bits per heavy atom. The first-order valence-electron chi connectivity index (χ1n) is 8.35. The van der Waals surface area contributed by atoms with Crippen molar-refractivity contribution in [2.75, 3.05) is 13.2 Å². The van der Waals surface area contributed by atoms with Gasteiger partial charge in [-0.2, -0.15) is 0 Å². The van der Waals surface area contributed by atoms with Gasteiger partial charge in [-0.3, -0.25) is 30.4 Å². The molecule has 9 nitrogen and oxygen atoms in total. The maximum atomic E-state index is 12.0. The molecule has 1 aromatic heterocycles. The van der Waals surface area contributed by atoms with E-state index in [1.807, 2.05) is 0 Å². The smallest absolute Gasteiger partial charge is 0.338 e. The molecule has 0 saturated heterocycles. The molecule has 0 fully saturated rings. The quantitative estimate of drug-likeness (QED) is 0.465. The van der Waals surface area contributed by atoms with Gasteiger partial charge < -0.3 is 9.47 Å². The predicted octanol–water partition coefficient (Wildman–Crippen LogP) is 1.67. The van der Waals surface area contributed by atoms with E-state index in [-0.39, 0.29) is 12.2 Å². The monoisotopic (exact) mass is 414 g/mol. The van der Waals surface area contributed by atoms with Gasteiger partial charge in [-0.25, -0.2) is 4.79 Å². The molecule has 1 heterocycles. The van der Waals surface area contributed by atoms with Crippen LogP contribution < -0.4 is 15.6 Å². The lowest BCUT2D eigenvalue weighted by Gasteiger charge is -2.09. The molecular weight excluding hydrogens is 400 g/mol. The molecule has 0 aliphatic rings. The van der Waals surface area contributed by atoms with Crippen LogP contribution in [-0.4, -0.2) is 41.0 Å². The number of aromatic nitrogens is 2. The number of ether oxygens (including phenoxy) is 2. The van der Waals surface area contributed by atoms with Crippen molar-refractivity contribution >= 4 is 40.4 Å². The Morgan fingerprint density at radius 2 is 1.52 bits per heavy atom. The molecule has 148 valence electrons. The Kier molecular flexibility index (Phi) is 6.54. The molecule has 0 aliphatic carbocycles. The van der Waals surface area contributed by atoms with E-state index in [0.717, 1.165) is 0 Å². The van der Waals surface area contributed by atoms with Crippen molar-refractivity contribution in [1.82, 2.24) is 20.8 Å². The highest BCUT2D eigenvalue weighted by atomic mass is 35.5. The lowest BCUT2D eigenvalue weighted by Crippen LogP contribution is -2.45. The van der Waals surface area contributed by atoms with Crippen LogP contribution in [0.15, 0.2) is 54.9 Å². The maximum Gasteiger partial charge on any atom is 0.338 e. The molecule has 0 bridgehead atoms. The number of rotatable bonds is 6. The fourth-order valence-corrected chi connectivity index (χ4v) is 2.32. The number of esters is 1. The second-order valence-electron chi connectivity index (χ2n) is 5.67. The van der Waals surface area contributed by atoms with Crippen LogP contribution >= 0.6 is 11.6 Å². The molecule has 29 heavy (non-hydrogen) atoms. The Labute approximate surface area is 170 Å². The van der Waals surface area contributed by atoms with Crippen LogP contribution in [0.2, 0.25) is 5.02 Å². The van der Waals surface area contributed by atoms with Crippen molar-refractivity contribution < 1.29 is 23.9 Å². The maximum absolute atomic E-state index is 12.0. The lowest BCUT2D eigenvalue weighted by molar-refractivity contribution is -0.131. The van der Waals surface area contributed by atoms with Crippen molar-refractivity contribution in [3.8, 4) is 5.75 Å². The third-order valence-electron chi connectivity index (χ3n) is 3.56.